The van der Waals surface area contributed by atoms with E-state index in [0.717, 1.165) is 43.1 Å². The van der Waals surface area contributed by atoms with E-state index < -0.39 is 6.04 Å². The molecule has 0 saturated carbocycles. The summed E-state index contributed by atoms with van der Waals surface area (Å²) in [5, 5.41) is 7.12. The summed E-state index contributed by atoms with van der Waals surface area (Å²) in [6, 6.07) is 6.94. The lowest BCUT2D eigenvalue weighted by molar-refractivity contribution is -0.128. The number of rotatable bonds is 5. The van der Waals surface area contributed by atoms with Crippen molar-refractivity contribution in [2.24, 2.45) is 13.0 Å². The summed E-state index contributed by atoms with van der Waals surface area (Å²) in [7, 11) is 2.04. The molecular weight excluding hydrogens is 410 g/mol. The maximum absolute atomic E-state index is 13.3. The fraction of sp³-hybridized carbons (Fsp3) is 0.435. The molecule has 7 nitrogen and oxygen atoms in total. The Hall–Kier alpha value is -2.71. The number of hydrogen-bond acceptors (Lipinski definition) is 5. The van der Waals surface area contributed by atoms with Crippen LogP contribution < -0.4 is 10.9 Å². The lowest BCUT2D eigenvalue weighted by atomic mass is 9.78. The summed E-state index contributed by atoms with van der Waals surface area (Å²) >= 11 is 1.62. The zero-order chi connectivity index (χ0) is 21.5. The third-order valence-electron chi connectivity index (χ3n) is 6.74. The van der Waals surface area contributed by atoms with Gasteiger partial charge in [0.25, 0.3) is 5.56 Å². The number of imidazole rings is 1. The van der Waals surface area contributed by atoms with Crippen LogP contribution in [-0.2, 0) is 24.9 Å². The third kappa shape index (κ3) is 3.74. The monoisotopic (exact) mass is 437 g/mol. The minimum absolute atomic E-state index is 0.0672. The molecule has 1 N–H and O–H groups in total. The van der Waals surface area contributed by atoms with Crippen LogP contribution in [0.15, 0.2) is 46.0 Å². The van der Waals surface area contributed by atoms with Gasteiger partial charge in [0.05, 0.1) is 5.69 Å². The van der Waals surface area contributed by atoms with Crippen molar-refractivity contribution >= 4 is 17.2 Å². The van der Waals surface area contributed by atoms with Gasteiger partial charge >= 0.3 is 0 Å². The molecule has 31 heavy (non-hydrogen) atoms. The summed E-state index contributed by atoms with van der Waals surface area (Å²) < 4.78 is 3.88. The van der Waals surface area contributed by atoms with E-state index in [1.807, 2.05) is 49.1 Å². The molecule has 8 heteroatoms. The molecule has 3 atom stereocenters. The number of thiophene rings is 1. The number of hydrogen-bond donors (Lipinski definition) is 1. The average Bonchev–Trinajstić information content (AvgIpc) is 3.39. The predicted octanol–water partition coefficient (Wildman–Crippen LogP) is 2.43. The highest BCUT2D eigenvalue weighted by molar-refractivity contribution is 7.07. The molecule has 5 rings (SSSR count). The van der Waals surface area contributed by atoms with Gasteiger partial charge in [0, 0.05) is 63.0 Å². The van der Waals surface area contributed by atoms with Crippen molar-refractivity contribution in [3.05, 3.63) is 74.4 Å². The van der Waals surface area contributed by atoms with Crippen molar-refractivity contribution in [1.29, 1.82) is 0 Å². The number of piperidine rings is 1. The predicted molar refractivity (Wildman–Crippen MR) is 120 cm³/mol. The van der Waals surface area contributed by atoms with Crippen molar-refractivity contribution in [3.8, 4) is 0 Å². The molecule has 3 aromatic rings. The number of nitrogens with one attached hydrogen (secondary N) is 1. The van der Waals surface area contributed by atoms with Crippen LogP contribution in [-0.4, -0.2) is 38.0 Å². The van der Waals surface area contributed by atoms with Gasteiger partial charge in [-0.2, -0.15) is 11.3 Å². The molecule has 2 aliphatic rings. The summed E-state index contributed by atoms with van der Waals surface area (Å²) in [6.07, 6.45) is 2.87. The summed E-state index contributed by atoms with van der Waals surface area (Å²) in [6.45, 7) is 4.96. The van der Waals surface area contributed by atoms with E-state index in [9.17, 15) is 9.59 Å². The first-order valence-corrected chi connectivity index (χ1v) is 11.7. The molecule has 5 heterocycles. The van der Waals surface area contributed by atoms with E-state index >= 15 is 0 Å². The fourth-order valence-electron chi connectivity index (χ4n) is 5.11. The Bertz CT molecular complexity index is 1150. The van der Waals surface area contributed by atoms with Gasteiger partial charge in [0.1, 0.15) is 11.9 Å². The molecule has 162 valence electrons. The Kier molecular flexibility index (Phi) is 5.27. The van der Waals surface area contributed by atoms with Crippen molar-refractivity contribution < 1.29 is 4.79 Å². The van der Waals surface area contributed by atoms with Gasteiger partial charge in [-0.1, -0.05) is 6.07 Å². The van der Waals surface area contributed by atoms with Crippen LogP contribution in [0.25, 0.3) is 0 Å². The lowest BCUT2D eigenvalue weighted by Crippen LogP contribution is -2.53. The number of aryl methyl sites for hydroxylation is 1. The summed E-state index contributed by atoms with van der Waals surface area (Å²) in [5.74, 6) is 1.28. The number of likely N-dealkylation sites (tertiary alicyclic amines) is 1. The Balaban J connectivity index is 1.43. The van der Waals surface area contributed by atoms with Crippen LogP contribution >= 0.6 is 11.3 Å². The first-order chi connectivity index (χ1) is 15.0. The van der Waals surface area contributed by atoms with E-state index in [2.05, 4.69) is 19.8 Å². The SMILES string of the molecule is Cc1ncc(CN2C[C@@H]3C[C@H](C2)[C@H](C(=O)NCc2ccsc2)n2c3cccc2=O)n1C. The Morgan fingerprint density at radius 2 is 2.16 bits per heavy atom. The van der Waals surface area contributed by atoms with Crippen LogP contribution in [0.2, 0.25) is 0 Å². The van der Waals surface area contributed by atoms with E-state index in [4.69, 9.17) is 0 Å². The average molecular weight is 438 g/mol. The summed E-state index contributed by atoms with van der Waals surface area (Å²) in [5.41, 5.74) is 3.15. The molecular formula is C23H27N5O2S. The second kappa shape index (κ2) is 8.09. The standard InChI is InChI=1S/C23H27N5O2S/c1-15-24-10-19(26(15)2)13-27-11-17-8-18(12-27)22(28-20(17)4-3-5-21(28)29)23(30)25-9-16-6-7-31-14-16/h3-7,10,14,17-18,22H,8-9,11-13H2,1-2H3,(H,25,30)/t17-,18+,22+/m0/s1. The molecule has 0 unspecified atom stereocenters. The number of fused-ring (bicyclic) bond motifs is 4. The zero-order valence-electron chi connectivity index (χ0n) is 17.8. The van der Waals surface area contributed by atoms with Crippen molar-refractivity contribution in [3.63, 3.8) is 0 Å². The lowest BCUT2D eigenvalue weighted by Gasteiger charge is -2.46. The number of amides is 1. The number of aromatic nitrogens is 3. The second-order valence-corrected chi connectivity index (χ2v) is 9.48. The molecule has 2 aliphatic heterocycles. The van der Waals surface area contributed by atoms with Crippen LogP contribution in [0.3, 0.4) is 0 Å². The molecule has 1 saturated heterocycles. The molecule has 1 fully saturated rings. The van der Waals surface area contributed by atoms with E-state index in [1.54, 1.807) is 22.0 Å². The Morgan fingerprint density at radius 1 is 1.29 bits per heavy atom. The van der Waals surface area contributed by atoms with Crippen molar-refractivity contribution in [2.45, 2.75) is 38.4 Å². The molecule has 0 radical (unpaired) electrons. The molecule has 0 spiro atoms. The smallest absolute Gasteiger partial charge is 0.251 e. The minimum atomic E-state index is -0.477. The number of carbonyl (C=O) groups excluding carboxylic acids is 1. The molecule has 1 amide bonds. The first kappa shape index (κ1) is 20.2. The molecule has 0 aliphatic carbocycles. The first-order valence-electron chi connectivity index (χ1n) is 10.7. The van der Waals surface area contributed by atoms with Crippen LogP contribution in [0.4, 0.5) is 0 Å². The Morgan fingerprint density at radius 3 is 2.90 bits per heavy atom. The van der Waals surface area contributed by atoms with Crippen molar-refractivity contribution in [2.75, 3.05) is 13.1 Å². The van der Waals surface area contributed by atoms with Gasteiger partial charge in [-0.3, -0.25) is 19.1 Å². The third-order valence-corrected chi connectivity index (χ3v) is 7.47. The normalized spacial score (nSPS) is 22.8. The van der Waals surface area contributed by atoms with Gasteiger partial charge in [-0.15, -0.1) is 0 Å². The van der Waals surface area contributed by atoms with E-state index in [-0.39, 0.29) is 23.3 Å². The number of carbonyl (C=O) groups is 1. The maximum atomic E-state index is 13.3. The second-order valence-electron chi connectivity index (χ2n) is 8.70. The fourth-order valence-corrected chi connectivity index (χ4v) is 5.77. The summed E-state index contributed by atoms with van der Waals surface area (Å²) in [4.78, 5) is 33.0. The highest BCUT2D eigenvalue weighted by Crippen LogP contribution is 2.41. The highest BCUT2D eigenvalue weighted by atomic mass is 32.1. The van der Waals surface area contributed by atoms with Gasteiger partial charge in [0.2, 0.25) is 5.91 Å². The number of nitrogens with zero attached hydrogens (tertiary/aromatic N) is 4. The zero-order valence-corrected chi connectivity index (χ0v) is 18.6. The molecule has 2 bridgehead atoms. The maximum Gasteiger partial charge on any atom is 0.251 e. The van der Waals surface area contributed by atoms with Crippen molar-refractivity contribution in [1.82, 2.24) is 24.3 Å². The molecule has 3 aromatic heterocycles. The van der Waals surface area contributed by atoms with Gasteiger partial charge in [-0.25, -0.2) is 4.98 Å². The van der Waals surface area contributed by atoms with Crippen LogP contribution in [0.1, 0.15) is 41.2 Å². The molecule has 0 aromatic carbocycles. The van der Waals surface area contributed by atoms with Gasteiger partial charge < -0.3 is 9.88 Å². The van der Waals surface area contributed by atoms with Gasteiger partial charge in [0.15, 0.2) is 0 Å². The van der Waals surface area contributed by atoms with Crippen LogP contribution in [0, 0.1) is 12.8 Å². The Labute approximate surface area is 185 Å². The van der Waals surface area contributed by atoms with E-state index in [1.165, 1.54) is 5.69 Å². The quantitative estimate of drug-likeness (QED) is 0.666. The van der Waals surface area contributed by atoms with Gasteiger partial charge in [-0.05, 0) is 41.8 Å². The topological polar surface area (TPSA) is 72.2 Å². The minimum Gasteiger partial charge on any atom is -0.350 e. The van der Waals surface area contributed by atoms with E-state index in [0.29, 0.717) is 6.54 Å². The van der Waals surface area contributed by atoms with Crippen LogP contribution in [0.5, 0.6) is 0 Å². The largest absolute Gasteiger partial charge is 0.350 e. The number of pyridine rings is 1. The highest BCUT2D eigenvalue weighted by Gasteiger charge is 2.43.